The molecule has 2 aromatic rings. The zero-order chi connectivity index (χ0) is 14.8. The Kier molecular flexibility index (Phi) is 3.93. The Hall–Kier alpha value is -2.09. The zero-order valence-corrected chi connectivity index (χ0v) is 10.7. The maximum absolute atomic E-state index is 12.4. The quantitative estimate of drug-likeness (QED) is 0.940. The molecule has 1 aromatic carbocycles. The van der Waals surface area contributed by atoms with E-state index in [4.69, 9.17) is 9.84 Å². The van der Waals surface area contributed by atoms with Crippen LogP contribution in [0, 0.1) is 0 Å². The fourth-order valence-corrected chi connectivity index (χ4v) is 2.07. The lowest BCUT2D eigenvalue weighted by atomic mass is 10.2. The number of nitrogens with zero attached hydrogens (tertiary/aromatic N) is 1. The third kappa shape index (κ3) is 3.27. The Balaban J connectivity index is 2.04. The Morgan fingerprint density at radius 1 is 1.30 bits per heavy atom. The molecule has 2 rings (SSSR count). The summed E-state index contributed by atoms with van der Waals surface area (Å²) in [7, 11) is 0. The van der Waals surface area contributed by atoms with Gasteiger partial charge in [-0.3, -0.25) is 0 Å². The first-order valence-corrected chi connectivity index (χ1v) is 6.21. The minimum absolute atomic E-state index is 0.0527. The second kappa shape index (κ2) is 5.49. The third-order valence-corrected chi connectivity index (χ3v) is 3.25. The molecular formula is C12H8F3NO3S. The van der Waals surface area contributed by atoms with Crippen LogP contribution in [-0.2, 0) is 12.8 Å². The van der Waals surface area contributed by atoms with E-state index in [1.54, 1.807) is 0 Å². The Morgan fingerprint density at radius 3 is 2.50 bits per heavy atom. The van der Waals surface area contributed by atoms with Crippen LogP contribution >= 0.6 is 11.3 Å². The van der Waals surface area contributed by atoms with Crippen molar-refractivity contribution in [3.05, 3.63) is 45.9 Å². The van der Waals surface area contributed by atoms with Crippen molar-refractivity contribution >= 4 is 17.3 Å². The summed E-state index contributed by atoms with van der Waals surface area (Å²) < 4.78 is 42.3. The largest absolute Gasteiger partial charge is 0.487 e. The average Bonchev–Trinajstić information content (AvgIpc) is 2.84. The molecule has 0 bridgehead atoms. The van der Waals surface area contributed by atoms with Crippen molar-refractivity contribution in [1.82, 2.24) is 4.98 Å². The first kappa shape index (κ1) is 14.3. The topological polar surface area (TPSA) is 59.4 Å². The van der Waals surface area contributed by atoms with Gasteiger partial charge in [-0.05, 0) is 24.3 Å². The molecule has 20 heavy (non-hydrogen) atoms. The van der Waals surface area contributed by atoms with Gasteiger partial charge < -0.3 is 9.84 Å². The van der Waals surface area contributed by atoms with Crippen LogP contribution in [0.25, 0.3) is 0 Å². The van der Waals surface area contributed by atoms with Crippen LogP contribution < -0.4 is 4.74 Å². The van der Waals surface area contributed by atoms with Gasteiger partial charge in [0, 0.05) is 0 Å². The zero-order valence-electron chi connectivity index (χ0n) is 9.85. The molecule has 0 spiro atoms. The number of aromatic carboxylic acids is 1. The normalized spacial score (nSPS) is 11.3. The van der Waals surface area contributed by atoms with Crippen molar-refractivity contribution in [2.24, 2.45) is 0 Å². The summed E-state index contributed by atoms with van der Waals surface area (Å²) in [5, 5.41) is 8.87. The molecule has 0 radical (unpaired) electrons. The molecule has 0 atom stereocenters. The molecular weight excluding hydrogens is 295 g/mol. The Bertz CT molecular complexity index is 607. The van der Waals surface area contributed by atoms with E-state index in [0.29, 0.717) is 0 Å². The number of carboxylic acids is 1. The van der Waals surface area contributed by atoms with Crippen molar-refractivity contribution < 1.29 is 27.8 Å². The molecule has 1 aromatic heterocycles. The first-order chi connectivity index (χ1) is 9.38. The molecule has 0 aliphatic heterocycles. The van der Waals surface area contributed by atoms with Crippen LogP contribution in [-0.4, -0.2) is 16.1 Å². The average molecular weight is 303 g/mol. The van der Waals surface area contributed by atoms with Crippen LogP contribution in [0.1, 0.15) is 20.9 Å². The molecule has 1 N–H and O–H groups in total. The minimum Gasteiger partial charge on any atom is -0.487 e. The van der Waals surface area contributed by atoms with E-state index in [1.807, 2.05) is 0 Å². The maximum Gasteiger partial charge on any atom is 0.416 e. The Morgan fingerprint density at radius 2 is 1.95 bits per heavy atom. The van der Waals surface area contributed by atoms with Crippen LogP contribution in [0.5, 0.6) is 5.75 Å². The van der Waals surface area contributed by atoms with Crippen molar-refractivity contribution in [1.29, 1.82) is 0 Å². The van der Waals surface area contributed by atoms with Crippen LogP contribution in [0.3, 0.4) is 0 Å². The van der Waals surface area contributed by atoms with Gasteiger partial charge in [0.15, 0.2) is 0 Å². The fourth-order valence-electron chi connectivity index (χ4n) is 1.44. The highest BCUT2D eigenvalue weighted by Crippen LogP contribution is 2.30. The lowest BCUT2D eigenvalue weighted by Crippen LogP contribution is -2.05. The van der Waals surface area contributed by atoms with Crippen LogP contribution in [0.4, 0.5) is 13.2 Å². The third-order valence-electron chi connectivity index (χ3n) is 2.39. The van der Waals surface area contributed by atoms with Gasteiger partial charge in [-0.25, -0.2) is 9.78 Å². The summed E-state index contributed by atoms with van der Waals surface area (Å²) in [5.74, 6) is -0.902. The van der Waals surface area contributed by atoms with E-state index in [0.717, 1.165) is 23.5 Å². The second-order valence-electron chi connectivity index (χ2n) is 3.74. The van der Waals surface area contributed by atoms with Gasteiger partial charge >= 0.3 is 12.1 Å². The SMILES string of the molecule is O=C(O)c1scnc1COc1ccc(C(F)(F)F)cc1. The van der Waals surface area contributed by atoms with Crippen molar-refractivity contribution in [3.8, 4) is 5.75 Å². The van der Waals surface area contributed by atoms with Gasteiger partial charge in [-0.1, -0.05) is 0 Å². The summed E-state index contributed by atoms with van der Waals surface area (Å²) in [5.41, 5.74) is 0.835. The van der Waals surface area contributed by atoms with Gasteiger partial charge in [0.1, 0.15) is 22.9 Å². The number of hydrogen-bond acceptors (Lipinski definition) is 4. The van der Waals surface area contributed by atoms with E-state index >= 15 is 0 Å². The van der Waals surface area contributed by atoms with Gasteiger partial charge in [-0.2, -0.15) is 13.2 Å². The van der Waals surface area contributed by atoms with E-state index in [-0.39, 0.29) is 22.9 Å². The molecule has 4 nitrogen and oxygen atoms in total. The number of aromatic nitrogens is 1. The van der Waals surface area contributed by atoms with E-state index in [1.165, 1.54) is 17.6 Å². The maximum atomic E-state index is 12.4. The number of halogens is 3. The van der Waals surface area contributed by atoms with Crippen LogP contribution in [0.2, 0.25) is 0 Å². The monoisotopic (exact) mass is 303 g/mol. The van der Waals surface area contributed by atoms with E-state index < -0.39 is 17.7 Å². The number of rotatable bonds is 4. The standard InChI is InChI=1S/C12H8F3NO3S/c13-12(14,15)7-1-3-8(4-2-7)19-5-9-10(11(17)18)20-6-16-9/h1-4,6H,5H2,(H,17,18). The fraction of sp³-hybridized carbons (Fsp3) is 0.167. The number of alkyl halides is 3. The van der Waals surface area contributed by atoms with Crippen molar-refractivity contribution in [2.45, 2.75) is 12.8 Å². The lowest BCUT2D eigenvalue weighted by Gasteiger charge is -2.08. The predicted octanol–water partition coefficient (Wildman–Crippen LogP) is 3.44. The van der Waals surface area contributed by atoms with Crippen molar-refractivity contribution in [2.75, 3.05) is 0 Å². The van der Waals surface area contributed by atoms with Crippen molar-refractivity contribution in [3.63, 3.8) is 0 Å². The second-order valence-corrected chi connectivity index (χ2v) is 4.60. The Labute approximate surface area is 115 Å². The molecule has 0 saturated heterocycles. The number of thiazole rings is 1. The van der Waals surface area contributed by atoms with Gasteiger partial charge in [0.25, 0.3) is 0 Å². The summed E-state index contributed by atoms with van der Waals surface area (Å²) in [6.45, 7) is -0.115. The van der Waals surface area contributed by atoms with Gasteiger partial charge in [0.2, 0.25) is 0 Å². The molecule has 0 aliphatic carbocycles. The summed E-state index contributed by atoms with van der Waals surface area (Å²) in [6.07, 6.45) is -4.40. The van der Waals surface area contributed by atoms with Crippen LogP contribution in [0.15, 0.2) is 29.8 Å². The summed E-state index contributed by atoms with van der Waals surface area (Å²) in [6, 6.07) is 4.15. The van der Waals surface area contributed by atoms with E-state index in [2.05, 4.69) is 4.98 Å². The smallest absolute Gasteiger partial charge is 0.416 e. The van der Waals surface area contributed by atoms with Gasteiger partial charge in [-0.15, -0.1) is 11.3 Å². The lowest BCUT2D eigenvalue weighted by molar-refractivity contribution is -0.137. The number of carbonyl (C=O) groups is 1. The molecule has 106 valence electrons. The summed E-state index contributed by atoms with van der Waals surface area (Å²) in [4.78, 5) is 14.7. The number of ether oxygens (including phenoxy) is 1. The first-order valence-electron chi connectivity index (χ1n) is 5.33. The highest BCUT2D eigenvalue weighted by molar-refractivity contribution is 7.11. The molecule has 0 saturated carbocycles. The highest BCUT2D eigenvalue weighted by Gasteiger charge is 2.30. The number of hydrogen-bond donors (Lipinski definition) is 1. The molecule has 8 heteroatoms. The molecule has 0 amide bonds. The van der Waals surface area contributed by atoms with Gasteiger partial charge in [0.05, 0.1) is 11.1 Å². The molecule has 0 unspecified atom stereocenters. The number of carboxylic acid groups (broad SMARTS) is 1. The molecule has 0 fully saturated rings. The molecule has 0 aliphatic rings. The highest BCUT2D eigenvalue weighted by atomic mass is 32.1. The molecule has 1 heterocycles. The van der Waals surface area contributed by atoms with E-state index in [9.17, 15) is 18.0 Å². The number of benzene rings is 1. The summed E-state index contributed by atoms with van der Waals surface area (Å²) >= 11 is 0.959. The predicted molar refractivity (Wildman–Crippen MR) is 64.8 cm³/mol. The minimum atomic E-state index is -4.40.